The predicted octanol–water partition coefficient (Wildman–Crippen LogP) is 2.17. The first-order valence-electron chi connectivity index (χ1n) is 6.74. The Labute approximate surface area is 126 Å². The van der Waals surface area contributed by atoms with Gasteiger partial charge in [-0.25, -0.2) is 4.98 Å². The van der Waals surface area contributed by atoms with Crippen LogP contribution in [0.15, 0.2) is 33.8 Å². The maximum Gasteiger partial charge on any atom is 0.195 e. The van der Waals surface area contributed by atoms with Crippen LogP contribution in [0.3, 0.4) is 0 Å². The zero-order chi connectivity index (χ0) is 14.7. The van der Waals surface area contributed by atoms with E-state index < -0.39 is 0 Å². The fourth-order valence-electron chi connectivity index (χ4n) is 2.02. The molecule has 2 aromatic heterocycles. The van der Waals surface area contributed by atoms with E-state index in [-0.39, 0.29) is 6.61 Å². The highest BCUT2D eigenvalue weighted by Crippen LogP contribution is 2.19. The van der Waals surface area contributed by atoms with Gasteiger partial charge >= 0.3 is 0 Å². The lowest BCUT2D eigenvalue weighted by Gasteiger charge is -2.01. The summed E-state index contributed by atoms with van der Waals surface area (Å²) in [6.45, 7) is -0.0903. The number of aryl methyl sites for hydroxylation is 1. The van der Waals surface area contributed by atoms with Gasteiger partial charge in [0.05, 0.1) is 0 Å². The van der Waals surface area contributed by atoms with Crippen LogP contribution >= 0.6 is 11.8 Å². The molecule has 1 N–H and O–H groups in total. The lowest BCUT2D eigenvalue weighted by atomic mass is 10.3. The van der Waals surface area contributed by atoms with Gasteiger partial charge in [0.15, 0.2) is 22.5 Å². The standard InChI is InChI=1S/C14H16N4O2S/c1-18-12(9-19)16-17-14(18)21-8-4-7-13-15-10-5-2-3-6-11(10)20-13/h2-3,5-6,19H,4,7-9H2,1H3. The predicted molar refractivity (Wildman–Crippen MR) is 80.0 cm³/mol. The average Bonchev–Trinajstić information content (AvgIpc) is 3.07. The first-order valence-corrected chi connectivity index (χ1v) is 7.73. The van der Waals surface area contributed by atoms with Crippen molar-refractivity contribution >= 4 is 22.9 Å². The van der Waals surface area contributed by atoms with Crippen LogP contribution in [0, 0.1) is 0 Å². The minimum Gasteiger partial charge on any atom is -0.441 e. The number of aromatic nitrogens is 4. The van der Waals surface area contributed by atoms with Crippen molar-refractivity contribution in [3.63, 3.8) is 0 Å². The highest BCUT2D eigenvalue weighted by Gasteiger charge is 2.09. The molecule has 0 fully saturated rings. The molecule has 7 heteroatoms. The summed E-state index contributed by atoms with van der Waals surface area (Å²) >= 11 is 1.62. The van der Waals surface area contributed by atoms with E-state index in [1.165, 1.54) is 0 Å². The third-order valence-electron chi connectivity index (χ3n) is 3.17. The minimum atomic E-state index is -0.0903. The van der Waals surface area contributed by atoms with Crippen molar-refractivity contribution in [3.05, 3.63) is 36.0 Å². The molecule has 3 rings (SSSR count). The number of hydrogen-bond acceptors (Lipinski definition) is 6. The topological polar surface area (TPSA) is 77.0 Å². The number of fused-ring (bicyclic) bond motifs is 1. The molecule has 0 amide bonds. The Hall–Kier alpha value is -1.86. The Bertz CT molecular complexity index is 704. The number of para-hydroxylation sites is 2. The molecule has 110 valence electrons. The van der Waals surface area contributed by atoms with E-state index in [1.807, 2.05) is 35.9 Å². The summed E-state index contributed by atoms with van der Waals surface area (Å²) in [6, 6.07) is 7.78. The van der Waals surface area contributed by atoms with Crippen LogP contribution in [0.1, 0.15) is 18.1 Å². The van der Waals surface area contributed by atoms with E-state index in [9.17, 15) is 0 Å². The van der Waals surface area contributed by atoms with Gasteiger partial charge in [-0.15, -0.1) is 10.2 Å². The van der Waals surface area contributed by atoms with Crippen LogP contribution in [0.4, 0.5) is 0 Å². The molecule has 0 bridgehead atoms. The number of aliphatic hydroxyl groups excluding tert-OH is 1. The van der Waals surface area contributed by atoms with E-state index >= 15 is 0 Å². The number of thioether (sulfide) groups is 1. The monoisotopic (exact) mass is 304 g/mol. The van der Waals surface area contributed by atoms with Gasteiger partial charge in [-0.3, -0.25) is 0 Å². The molecule has 0 atom stereocenters. The fourth-order valence-corrected chi connectivity index (χ4v) is 2.89. The molecule has 0 saturated carbocycles. The molecular weight excluding hydrogens is 288 g/mol. The summed E-state index contributed by atoms with van der Waals surface area (Å²) in [6.07, 6.45) is 1.74. The fraction of sp³-hybridized carbons (Fsp3) is 0.357. The first-order chi connectivity index (χ1) is 10.3. The molecule has 2 heterocycles. The maximum atomic E-state index is 9.07. The zero-order valence-electron chi connectivity index (χ0n) is 11.7. The SMILES string of the molecule is Cn1c(CO)nnc1SCCCc1nc2ccccc2o1. The van der Waals surface area contributed by atoms with E-state index in [4.69, 9.17) is 9.52 Å². The smallest absolute Gasteiger partial charge is 0.195 e. The van der Waals surface area contributed by atoms with Crippen molar-refractivity contribution < 1.29 is 9.52 Å². The maximum absolute atomic E-state index is 9.07. The van der Waals surface area contributed by atoms with Crippen LogP contribution in [0.2, 0.25) is 0 Å². The van der Waals surface area contributed by atoms with Crippen LogP contribution in [-0.2, 0) is 20.1 Å². The molecule has 0 aliphatic carbocycles. The van der Waals surface area contributed by atoms with Gasteiger partial charge in [0, 0.05) is 19.2 Å². The Kier molecular flexibility index (Phi) is 4.21. The highest BCUT2D eigenvalue weighted by atomic mass is 32.2. The molecule has 0 unspecified atom stereocenters. The summed E-state index contributed by atoms with van der Waals surface area (Å²) in [5.74, 6) is 2.25. The van der Waals surface area contributed by atoms with Gasteiger partial charge in [-0.2, -0.15) is 0 Å². The number of oxazole rings is 1. The first kappa shape index (κ1) is 14.1. The second-order valence-electron chi connectivity index (χ2n) is 4.64. The molecule has 1 aromatic carbocycles. The van der Waals surface area contributed by atoms with Crippen LogP contribution in [0.5, 0.6) is 0 Å². The molecule has 3 aromatic rings. The zero-order valence-corrected chi connectivity index (χ0v) is 12.5. The van der Waals surface area contributed by atoms with Gasteiger partial charge in [0.1, 0.15) is 12.1 Å². The number of rotatable bonds is 6. The Morgan fingerprint density at radius 2 is 2.14 bits per heavy atom. The highest BCUT2D eigenvalue weighted by molar-refractivity contribution is 7.99. The van der Waals surface area contributed by atoms with E-state index in [2.05, 4.69) is 15.2 Å². The van der Waals surface area contributed by atoms with Crippen LogP contribution in [0.25, 0.3) is 11.1 Å². The third kappa shape index (κ3) is 3.08. The molecule has 0 spiro atoms. The van der Waals surface area contributed by atoms with Crippen molar-refractivity contribution in [1.82, 2.24) is 19.7 Å². The number of benzene rings is 1. The molecule has 0 saturated heterocycles. The van der Waals surface area contributed by atoms with Gasteiger partial charge in [0.2, 0.25) is 0 Å². The van der Waals surface area contributed by atoms with Gasteiger partial charge in [-0.1, -0.05) is 23.9 Å². The van der Waals surface area contributed by atoms with Crippen molar-refractivity contribution in [3.8, 4) is 0 Å². The number of hydrogen-bond donors (Lipinski definition) is 1. The summed E-state index contributed by atoms with van der Waals surface area (Å²) in [5, 5.41) is 17.8. The summed E-state index contributed by atoms with van der Waals surface area (Å²) < 4.78 is 7.49. The lowest BCUT2D eigenvalue weighted by molar-refractivity contribution is 0.266. The largest absolute Gasteiger partial charge is 0.441 e. The Balaban J connectivity index is 1.52. The molecule has 6 nitrogen and oxygen atoms in total. The normalized spacial score (nSPS) is 11.3. The van der Waals surface area contributed by atoms with E-state index in [0.29, 0.717) is 5.82 Å². The third-order valence-corrected chi connectivity index (χ3v) is 4.28. The van der Waals surface area contributed by atoms with E-state index in [0.717, 1.165) is 40.7 Å². The van der Waals surface area contributed by atoms with Crippen molar-refractivity contribution in [2.45, 2.75) is 24.6 Å². The van der Waals surface area contributed by atoms with Crippen LogP contribution < -0.4 is 0 Å². The summed E-state index contributed by atoms with van der Waals surface area (Å²) in [7, 11) is 1.86. The molecule has 0 radical (unpaired) electrons. The van der Waals surface area contributed by atoms with Gasteiger partial charge in [-0.05, 0) is 18.6 Å². The summed E-state index contributed by atoms with van der Waals surface area (Å²) in [5.41, 5.74) is 1.74. The average molecular weight is 304 g/mol. The molecular formula is C14H16N4O2S. The second-order valence-corrected chi connectivity index (χ2v) is 5.71. The number of nitrogens with zero attached hydrogens (tertiary/aromatic N) is 4. The van der Waals surface area contributed by atoms with Gasteiger partial charge in [0.25, 0.3) is 0 Å². The molecule has 21 heavy (non-hydrogen) atoms. The van der Waals surface area contributed by atoms with Crippen molar-refractivity contribution in [1.29, 1.82) is 0 Å². The van der Waals surface area contributed by atoms with Crippen molar-refractivity contribution in [2.75, 3.05) is 5.75 Å². The Morgan fingerprint density at radius 3 is 2.90 bits per heavy atom. The van der Waals surface area contributed by atoms with Gasteiger partial charge < -0.3 is 14.1 Å². The van der Waals surface area contributed by atoms with Crippen molar-refractivity contribution in [2.24, 2.45) is 7.05 Å². The lowest BCUT2D eigenvalue weighted by Crippen LogP contribution is -1.99. The minimum absolute atomic E-state index is 0.0903. The molecule has 0 aliphatic rings. The van der Waals surface area contributed by atoms with E-state index in [1.54, 1.807) is 11.8 Å². The molecule has 0 aliphatic heterocycles. The second kappa shape index (κ2) is 6.28. The summed E-state index contributed by atoms with van der Waals surface area (Å²) in [4.78, 5) is 4.45. The van der Waals surface area contributed by atoms with Crippen LogP contribution in [-0.4, -0.2) is 30.6 Å². The Morgan fingerprint density at radius 1 is 1.29 bits per heavy atom. The number of aliphatic hydroxyl groups is 1. The quantitative estimate of drug-likeness (QED) is 0.555.